The van der Waals surface area contributed by atoms with E-state index in [1.165, 1.54) is 0 Å². The molecule has 96 valence electrons. The van der Waals surface area contributed by atoms with Crippen LogP contribution in [0.5, 0.6) is 0 Å². The van der Waals surface area contributed by atoms with Crippen LogP contribution in [0.1, 0.15) is 18.1 Å². The van der Waals surface area contributed by atoms with Crippen molar-refractivity contribution >= 4 is 32.4 Å². The Balaban J connectivity index is 2.48. The van der Waals surface area contributed by atoms with Gasteiger partial charge in [0.15, 0.2) is 0 Å². The van der Waals surface area contributed by atoms with Crippen LogP contribution in [-0.4, -0.2) is 21.6 Å². The minimum absolute atomic E-state index is 0.500. The fourth-order valence-electron chi connectivity index (χ4n) is 2.08. The SMILES string of the molecule is Nc1ccc(C(O)C(O)CCBr)c2ccccc12. The maximum atomic E-state index is 10.2. The molecule has 2 aromatic rings. The molecule has 2 unspecified atom stereocenters. The van der Waals surface area contributed by atoms with Gasteiger partial charge in [0.2, 0.25) is 0 Å². The molecule has 4 heteroatoms. The van der Waals surface area contributed by atoms with Gasteiger partial charge in [-0.1, -0.05) is 46.3 Å². The summed E-state index contributed by atoms with van der Waals surface area (Å²) in [5.74, 6) is 0. The molecule has 0 amide bonds. The highest BCUT2D eigenvalue weighted by Crippen LogP contribution is 2.30. The van der Waals surface area contributed by atoms with Gasteiger partial charge in [-0.15, -0.1) is 0 Å². The Morgan fingerprint density at radius 1 is 1.06 bits per heavy atom. The number of benzene rings is 2. The van der Waals surface area contributed by atoms with Gasteiger partial charge in [-0.25, -0.2) is 0 Å². The molecule has 0 bridgehead atoms. The first-order valence-corrected chi connectivity index (χ1v) is 6.96. The molecule has 18 heavy (non-hydrogen) atoms. The monoisotopic (exact) mass is 309 g/mol. The lowest BCUT2D eigenvalue weighted by molar-refractivity contribution is 0.0182. The Morgan fingerprint density at radius 2 is 1.72 bits per heavy atom. The zero-order valence-electron chi connectivity index (χ0n) is 9.88. The van der Waals surface area contributed by atoms with Crippen molar-refractivity contribution in [1.29, 1.82) is 0 Å². The first kappa shape index (κ1) is 13.3. The maximum Gasteiger partial charge on any atom is 0.105 e. The number of rotatable bonds is 4. The maximum absolute atomic E-state index is 10.2. The minimum Gasteiger partial charge on any atom is -0.398 e. The van der Waals surface area contributed by atoms with Gasteiger partial charge in [0.25, 0.3) is 0 Å². The van der Waals surface area contributed by atoms with Crippen LogP contribution in [0.15, 0.2) is 36.4 Å². The molecule has 0 saturated carbocycles. The second-order valence-electron chi connectivity index (χ2n) is 4.28. The fraction of sp³-hybridized carbons (Fsp3) is 0.286. The molecule has 4 N–H and O–H groups in total. The van der Waals surface area contributed by atoms with E-state index in [0.717, 1.165) is 10.8 Å². The molecule has 0 saturated heterocycles. The van der Waals surface area contributed by atoms with E-state index in [1.54, 1.807) is 12.1 Å². The number of anilines is 1. The molecule has 2 aromatic carbocycles. The van der Waals surface area contributed by atoms with Crippen molar-refractivity contribution in [2.24, 2.45) is 0 Å². The van der Waals surface area contributed by atoms with E-state index in [1.807, 2.05) is 24.3 Å². The normalized spacial score (nSPS) is 14.6. The predicted molar refractivity (Wildman–Crippen MR) is 77.7 cm³/mol. The van der Waals surface area contributed by atoms with E-state index >= 15 is 0 Å². The van der Waals surface area contributed by atoms with E-state index in [2.05, 4.69) is 15.9 Å². The first-order valence-electron chi connectivity index (χ1n) is 5.84. The molecular weight excluding hydrogens is 294 g/mol. The summed E-state index contributed by atoms with van der Waals surface area (Å²) in [6.45, 7) is 0. The summed E-state index contributed by atoms with van der Waals surface area (Å²) in [5, 5.41) is 22.5. The lowest BCUT2D eigenvalue weighted by Gasteiger charge is -2.19. The van der Waals surface area contributed by atoms with Gasteiger partial charge >= 0.3 is 0 Å². The lowest BCUT2D eigenvalue weighted by Crippen LogP contribution is -2.19. The zero-order chi connectivity index (χ0) is 13.1. The van der Waals surface area contributed by atoms with Gasteiger partial charge < -0.3 is 15.9 Å². The molecule has 0 aromatic heterocycles. The predicted octanol–water partition coefficient (Wildman–Crippen LogP) is 2.60. The van der Waals surface area contributed by atoms with Crippen molar-refractivity contribution in [3.8, 4) is 0 Å². The van der Waals surface area contributed by atoms with Crippen molar-refractivity contribution < 1.29 is 10.2 Å². The first-order chi connectivity index (χ1) is 8.65. The number of fused-ring (bicyclic) bond motifs is 1. The average molecular weight is 310 g/mol. The van der Waals surface area contributed by atoms with E-state index in [-0.39, 0.29) is 0 Å². The summed E-state index contributed by atoms with van der Waals surface area (Å²) in [6.07, 6.45) is -1.18. The van der Waals surface area contributed by atoms with Crippen LogP contribution < -0.4 is 5.73 Å². The number of hydrogen-bond acceptors (Lipinski definition) is 3. The van der Waals surface area contributed by atoms with Gasteiger partial charge in [-0.2, -0.15) is 0 Å². The standard InChI is InChI=1S/C14H16BrNO2/c15-8-7-13(17)14(18)11-5-6-12(16)10-4-2-1-3-9(10)11/h1-6,13-14,17-18H,7-8,16H2. The van der Waals surface area contributed by atoms with Crippen LogP contribution in [-0.2, 0) is 0 Å². The van der Waals surface area contributed by atoms with E-state index in [0.29, 0.717) is 23.0 Å². The molecule has 0 aliphatic carbocycles. The number of alkyl halides is 1. The molecular formula is C14H16BrNO2. The third-order valence-electron chi connectivity index (χ3n) is 3.08. The largest absolute Gasteiger partial charge is 0.398 e. The van der Waals surface area contributed by atoms with E-state index in [9.17, 15) is 10.2 Å². The Labute approximate surface area is 114 Å². The second-order valence-corrected chi connectivity index (χ2v) is 5.07. The summed E-state index contributed by atoms with van der Waals surface area (Å²) in [4.78, 5) is 0. The summed E-state index contributed by atoms with van der Waals surface area (Å²) in [6, 6.07) is 11.2. The summed E-state index contributed by atoms with van der Waals surface area (Å²) < 4.78 is 0. The Bertz CT molecular complexity index is 544. The molecule has 2 atom stereocenters. The highest BCUT2D eigenvalue weighted by Gasteiger charge is 2.20. The van der Waals surface area contributed by atoms with Crippen LogP contribution in [0.25, 0.3) is 10.8 Å². The van der Waals surface area contributed by atoms with Crippen LogP contribution in [0.2, 0.25) is 0 Å². The Hall–Kier alpha value is -1.10. The Morgan fingerprint density at radius 3 is 2.39 bits per heavy atom. The summed E-state index contributed by atoms with van der Waals surface area (Å²) >= 11 is 3.26. The van der Waals surface area contributed by atoms with Gasteiger partial charge in [-0.3, -0.25) is 0 Å². The smallest absolute Gasteiger partial charge is 0.105 e. The molecule has 0 spiro atoms. The molecule has 0 fully saturated rings. The molecule has 0 aliphatic heterocycles. The molecule has 0 heterocycles. The van der Waals surface area contributed by atoms with Crippen LogP contribution in [0.3, 0.4) is 0 Å². The average Bonchev–Trinajstić information content (AvgIpc) is 2.39. The third-order valence-corrected chi connectivity index (χ3v) is 3.54. The van der Waals surface area contributed by atoms with Gasteiger partial charge in [-0.05, 0) is 23.4 Å². The molecule has 0 radical (unpaired) electrons. The van der Waals surface area contributed by atoms with Crippen LogP contribution in [0, 0.1) is 0 Å². The quantitative estimate of drug-likeness (QED) is 0.601. The highest BCUT2D eigenvalue weighted by atomic mass is 79.9. The van der Waals surface area contributed by atoms with Crippen molar-refractivity contribution in [2.75, 3.05) is 11.1 Å². The van der Waals surface area contributed by atoms with Crippen molar-refractivity contribution in [3.05, 3.63) is 42.0 Å². The number of aliphatic hydroxyl groups is 2. The van der Waals surface area contributed by atoms with Crippen LogP contribution in [0.4, 0.5) is 5.69 Å². The molecule has 2 rings (SSSR count). The Kier molecular flexibility index (Phi) is 4.22. The van der Waals surface area contributed by atoms with Gasteiger partial charge in [0.1, 0.15) is 6.10 Å². The molecule has 3 nitrogen and oxygen atoms in total. The van der Waals surface area contributed by atoms with Crippen molar-refractivity contribution in [3.63, 3.8) is 0 Å². The highest BCUT2D eigenvalue weighted by molar-refractivity contribution is 9.09. The zero-order valence-corrected chi connectivity index (χ0v) is 11.5. The van der Waals surface area contributed by atoms with Gasteiger partial charge in [0.05, 0.1) is 6.10 Å². The number of nitrogen functional groups attached to an aromatic ring is 1. The number of hydrogen-bond donors (Lipinski definition) is 3. The fourth-order valence-corrected chi connectivity index (χ4v) is 2.55. The number of aliphatic hydroxyl groups excluding tert-OH is 2. The third kappa shape index (κ3) is 2.51. The van der Waals surface area contributed by atoms with Gasteiger partial charge in [0, 0.05) is 16.4 Å². The topological polar surface area (TPSA) is 66.5 Å². The van der Waals surface area contributed by atoms with E-state index < -0.39 is 12.2 Å². The number of halogens is 1. The minimum atomic E-state index is -0.895. The molecule has 0 aliphatic rings. The summed E-state index contributed by atoms with van der Waals surface area (Å²) in [5.41, 5.74) is 7.30. The van der Waals surface area contributed by atoms with Crippen LogP contribution >= 0.6 is 15.9 Å². The van der Waals surface area contributed by atoms with E-state index in [4.69, 9.17) is 5.73 Å². The van der Waals surface area contributed by atoms with Crippen molar-refractivity contribution in [1.82, 2.24) is 0 Å². The number of nitrogens with two attached hydrogens (primary N) is 1. The second kappa shape index (κ2) is 5.69. The van der Waals surface area contributed by atoms with Crippen molar-refractivity contribution in [2.45, 2.75) is 18.6 Å². The summed E-state index contributed by atoms with van der Waals surface area (Å²) in [7, 11) is 0. The lowest BCUT2D eigenvalue weighted by atomic mass is 9.95.